The van der Waals surface area contributed by atoms with Gasteiger partial charge in [-0.1, -0.05) is 18.2 Å². The average molecular weight is 383 g/mol. The predicted octanol–water partition coefficient (Wildman–Crippen LogP) is 1.90. The van der Waals surface area contributed by atoms with Gasteiger partial charge in [0.25, 0.3) is 0 Å². The first kappa shape index (κ1) is 19.2. The van der Waals surface area contributed by atoms with Crippen LogP contribution in [0.2, 0.25) is 0 Å². The Morgan fingerprint density at radius 2 is 1.96 bits per heavy atom. The summed E-state index contributed by atoms with van der Waals surface area (Å²) in [6, 6.07) is 11.0. The van der Waals surface area contributed by atoms with E-state index in [1.807, 2.05) is 18.2 Å². The Labute approximate surface area is 150 Å². The van der Waals surface area contributed by atoms with Crippen LogP contribution in [0.3, 0.4) is 0 Å². The third-order valence-corrected chi connectivity index (χ3v) is 5.19. The topological polar surface area (TPSA) is 79.4 Å². The standard InChI is InChI=1S/C16H18FN3O3S2/c1-25(22,23)20(14-7-3-2-6-13(14)17)12-15(21)18-10-11-24-16-8-4-5-9-19-16/h2-9H,10-12H2,1H3,(H,18,21). The first-order chi connectivity index (χ1) is 11.9. The molecule has 25 heavy (non-hydrogen) atoms. The summed E-state index contributed by atoms with van der Waals surface area (Å²) >= 11 is 1.47. The van der Waals surface area contributed by atoms with Gasteiger partial charge in [-0.25, -0.2) is 17.8 Å². The van der Waals surface area contributed by atoms with Crippen LogP contribution in [0.5, 0.6) is 0 Å². The molecule has 2 rings (SSSR count). The summed E-state index contributed by atoms with van der Waals surface area (Å²) in [6.45, 7) is -0.136. The summed E-state index contributed by atoms with van der Waals surface area (Å²) in [7, 11) is -3.79. The smallest absolute Gasteiger partial charge is 0.240 e. The zero-order chi connectivity index (χ0) is 18.3. The molecule has 0 radical (unpaired) electrons. The molecule has 134 valence electrons. The van der Waals surface area contributed by atoms with E-state index >= 15 is 0 Å². The summed E-state index contributed by atoms with van der Waals surface area (Å²) < 4.78 is 38.4. The van der Waals surface area contributed by atoms with Gasteiger partial charge in [-0.3, -0.25) is 9.10 Å². The van der Waals surface area contributed by atoms with E-state index in [0.717, 1.165) is 21.7 Å². The number of pyridine rings is 1. The lowest BCUT2D eigenvalue weighted by Crippen LogP contribution is -2.41. The maximum Gasteiger partial charge on any atom is 0.240 e. The molecule has 1 amide bonds. The van der Waals surface area contributed by atoms with Gasteiger partial charge in [0.15, 0.2) is 0 Å². The number of benzene rings is 1. The highest BCUT2D eigenvalue weighted by atomic mass is 32.2. The summed E-state index contributed by atoms with van der Waals surface area (Å²) in [4.78, 5) is 16.2. The number of halogens is 1. The Bertz CT molecular complexity index is 816. The van der Waals surface area contributed by atoms with Gasteiger partial charge in [0.2, 0.25) is 15.9 Å². The minimum absolute atomic E-state index is 0.150. The normalized spacial score (nSPS) is 11.1. The number of anilines is 1. The average Bonchev–Trinajstić information content (AvgIpc) is 2.57. The number of carbonyl (C=O) groups is 1. The Morgan fingerprint density at radius 3 is 2.60 bits per heavy atom. The SMILES string of the molecule is CS(=O)(=O)N(CC(=O)NCCSc1ccccn1)c1ccccc1F. The maximum atomic E-state index is 13.9. The van der Waals surface area contributed by atoms with Gasteiger partial charge >= 0.3 is 0 Å². The Kier molecular flexibility index (Phi) is 6.77. The molecule has 0 aliphatic rings. The summed E-state index contributed by atoms with van der Waals surface area (Å²) in [5, 5.41) is 3.46. The van der Waals surface area contributed by atoms with E-state index in [0.29, 0.717) is 12.3 Å². The molecule has 0 saturated heterocycles. The van der Waals surface area contributed by atoms with Crippen LogP contribution in [0, 0.1) is 5.82 Å². The molecule has 1 aromatic heterocycles. The van der Waals surface area contributed by atoms with Crippen molar-refractivity contribution in [3.8, 4) is 0 Å². The monoisotopic (exact) mass is 383 g/mol. The van der Waals surface area contributed by atoms with Gasteiger partial charge in [0.05, 0.1) is 17.0 Å². The molecule has 0 fully saturated rings. The van der Waals surface area contributed by atoms with Crippen molar-refractivity contribution in [1.29, 1.82) is 0 Å². The van der Waals surface area contributed by atoms with Crippen LogP contribution in [-0.4, -0.2) is 44.4 Å². The molecule has 0 bridgehead atoms. The summed E-state index contributed by atoms with van der Waals surface area (Å²) in [5.41, 5.74) is -0.150. The fourth-order valence-electron chi connectivity index (χ4n) is 2.00. The van der Waals surface area contributed by atoms with E-state index in [2.05, 4.69) is 10.3 Å². The molecule has 6 nitrogen and oxygen atoms in total. The van der Waals surface area contributed by atoms with Crippen LogP contribution < -0.4 is 9.62 Å². The van der Waals surface area contributed by atoms with Crippen molar-refractivity contribution in [2.75, 3.05) is 29.4 Å². The number of amides is 1. The van der Waals surface area contributed by atoms with Gasteiger partial charge in [-0.15, -0.1) is 11.8 Å². The number of carbonyl (C=O) groups excluding carboxylic acids is 1. The van der Waals surface area contributed by atoms with E-state index in [9.17, 15) is 17.6 Å². The van der Waals surface area contributed by atoms with Crippen LogP contribution in [0.1, 0.15) is 0 Å². The second kappa shape index (κ2) is 8.82. The van der Waals surface area contributed by atoms with Crippen molar-refractivity contribution in [3.05, 3.63) is 54.5 Å². The molecule has 0 atom stereocenters. The molecule has 1 N–H and O–H groups in total. The van der Waals surface area contributed by atoms with E-state index in [1.54, 1.807) is 6.20 Å². The van der Waals surface area contributed by atoms with E-state index < -0.39 is 28.3 Å². The lowest BCUT2D eigenvalue weighted by Gasteiger charge is -2.22. The number of hydrogen-bond donors (Lipinski definition) is 1. The molecule has 1 aromatic carbocycles. The number of aromatic nitrogens is 1. The van der Waals surface area contributed by atoms with Crippen molar-refractivity contribution in [2.45, 2.75) is 5.03 Å². The molecular formula is C16H18FN3O3S2. The molecule has 0 saturated carbocycles. The van der Waals surface area contributed by atoms with Crippen molar-refractivity contribution in [2.24, 2.45) is 0 Å². The van der Waals surface area contributed by atoms with Crippen molar-refractivity contribution < 1.29 is 17.6 Å². The second-order valence-electron chi connectivity index (χ2n) is 5.09. The summed E-state index contributed by atoms with van der Waals surface area (Å²) in [6.07, 6.45) is 2.61. The van der Waals surface area contributed by atoms with Crippen LogP contribution in [0.4, 0.5) is 10.1 Å². The summed E-state index contributed by atoms with van der Waals surface area (Å²) in [5.74, 6) is -0.622. The number of rotatable bonds is 8. The van der Waals surface area contributed by atoms with E-state index in [1.165, 1.54) is 30.0 Å². The number of para-hydroxylation sites is 1. The second-order valence-corrected chi connectivity index (χ2v) is 8.11. The first-order valence-corrected chi connectivity index (χ1v) is 10.2. The lowest BCUT2D eigenvalue weighted by atomic mass is 10.3. The fraction of sp³-hybridized carbons (Fsp3) is 0.250. The van der Waals surface area contributed by atoms with Crippen molar-refractivity contribution >= 4 is 33.4 Å². The van der Waals surface area contributed by atoms with E-state index in [-0.39, 0.29) is 5.69 Å². The quantitative estimate of drug-likeness (QED) is 0.556. The number of nitrogens with zero attached hydrogens (tertiary/aromatic N) is 2. The predicted molar refractivity (Wildman–Crippen MR) is 96.6 cm³/mol. The molecule has 2 aromatic rings. The Morgan fingerprint density at radius 1 is 1.24 bits per heavy atom. The Hall–Kier alpha value is -2.13. The highest BCUT2D eigenvalue weighted by Gasteiger charge is 2.23. The molecule has 0 aliphatic carbocycles. The molecule has 1 heterocycles. The van der Waals surface area contributed by atoms with Crippen LogP contribution in [-0.2, 0) is 14.8 Å². The zero-order valence-corrected chi connectivity index (χ0v) is 15.2. The highest BCUT2D eigenvalue weighted by Crippen LogP contribution is 2.21. The minimum atomic E-state index is -3.79. The highest BCUT2D eigenvalue weighted by molar-refractivity contribution is 7.99. The van der Waals surface area contributed by atoms with Crippen molar-refractivity contribution in [1.82, 2.24) is 10.3 Å². The van der Waals surface area contributed by atoms with Gasteiger partial charge in [0, 0.05) is 18.5 Å². The third-order valence-electron chi connectivity index (χ3n) is 3.12. The number of thioether (sulfide) groups is 1. The number of hydrogen-bond acceptors (Lipinski definition) is 5. The fourth-order valence-corrected chi connectivity index (χ4v) is 3.58. The number of sulfonamides is 1. The van der Waals surface area contributed by atoms with Gasteiger partial charge in [-0.2, -0.15) is 0 Å². The van der Waals surface area contributed by atoms with Gasteiger partial charge < -0.3 is 5.32 Å². The van der Waals surface area contributed by atoms with Crippen molar-refractivity contribution in [3.63, 3.8) is 0 Å². The minimum Gasteiger partial charge on any atom is -0.354 e. The van der Waals surface area contributed by atoms with Gasteiger partial charge in [-0.05, 0) is 24.3 Å². The lowest BCUT2D eigenvalue weighted by molar-refractivity contribution is -0.119. The zero-order valence-electron chi connectivity index (χ0n) is 13.6. The first-order valence-electron chi connectivity index (χ1n) is 7.40. The van der Waals surface area contributed by atoms with Crippen LogP contribution in [0.25, 0.3) is 0 Å². The largest absolute Gasteiger partial charge is 0.354 e. The molecule has 0 spiro atoms. The van der Waals surface area contributed by atoms with E-state index in [4.69, 9.17) is 0 Å². The third kappa shape index (κ3) is 6.02. The molecule has 0 unspecified atom stereocenters. The van der Waals surface area contributed by atoms with Gasteiger partial charge in [0.1, 0.15) is 12.4 Å². The number of nitrogens with one attached hydrogen (secondary N) is 1. The maximum absolute atomic E-state index is 13.9. The van der Waals surface area contributed by atoms with Crippen LogP contribution in [0.15, 0.2) is 53.7 Å². The molecule has 0 aliphatic heterocycles. The Balaban J connectivity index is 1.91. The van der Waals surface area contributed by atoms with Crippen LogP contribution >= 0.6 is 11.8 Å². The molecule has 9 heteroatoms. The molecular weight excluding hydrogens is 365 g/mol.